The predicted molar refractivity (Wildman–Crippen MR) is 82.1 cm³/mol. The summed E-state index contributed by atoms with van der Waals surface area (Å²) in [6.45, 7) is 0. The van der Waals surface area contributed by atoms with Crippen molar-refractivity contribution < 1.29 is 5.11 Å². The van der Waals surface area contributed by atoms with Crippen LogP contribution in [0.3, 0.4) is 0 Å². The van der Waals surface area contributed by atoms with Gasteiger partial charge in [0.25, 0.3) is 0 Å². The van der Waals surface area contributed by atoms with Crippen LogP contribution in [0.25, 0.3) is 10.9 Å². The number of para-hydroxylation sites is 1. The summed E-state index contributed by atoms with van der Waals surface area (Å²) in [5.41, 5.74) is 3.24. The Balaban J connectivity index is 1.75. The first-order valence-corrected chi connectivity index (χ1v) is 7.05. The molecule has 2 aromatic carbocycles. The molecule has 104 valence electrons. The highest BCUT2D eigenvalue weighted by molar-refractivity contribution is 5.88. The molecule has 21 heavy (non-hydrogen) atoms. The molecular weight excluding hydrogens is 262 g/mol. The number of anilines is 1. The number of hydrogen-bond acceptors (Lipinski definition) is 4. The van der Waals surface area contributed by atoms with Gasteiger partial charge < -0.3 is 10.4 Å². The molecule has 4 heteroatoms. The van der Waals surface area contributed by atoms with Crippen molar-refractivity contribution in [2.75, 3.05) is 5.32 Å². The van der Waals surface area contributed by atoms with Crippen molar-refractivity contribution in [3.05, 3.63) is 66.0 Å². The van der Waals surface area contributed by atoms with Gasteiger partial charge in [-0.2, -0.15) is 0 Å². The molecule has 0 aliphatic heterocycles. The maximum absolute atomic E-state index is 10.3. The molecule has 0 saturated carbocycles. The molecule has 1 aromatic heterocycles. The fourth-order valence-corrected chi connectivity index (χ4v) is 3.01. The SMILES string of the molecule is O[C@H]1Cc2ccccc2[C@H]1Nc1ncnc2ccccc12. The zero-order valence-electron chi connectivity index (χ0n) is 11.4. The molecule has 1 aliphatic carbocycles. The van der Waals surface area contributed by atoms with E-state index >= 15 is 0 Å². The first-order chi connectivity index (χ1) is 10.3. The molecule has 4 rings (SSSR count). The Hall–Kier alpha value is -2.46. The number of aliphatic hydroxyl groups excluding tert-OH is 1. The van der Waals surface area contributed by atoms with E-state index in [2.05, 4.69) is 27.4 Å². The van der Waals surface area contributed by atoms with Gasteiger partial charge in [-0.15, -0.1) is 0 Å². The molecule has 1 aliphatic rings. The Kier molecular flexibility index (Phi) is 2.82. The van der Waals surface area contributed by atoms with Gasteiger partial charge in [0.05, 0.1) is 17.7 Å². The number of hydrogen-bond donors (Lipinski definition) is 2. The van der Waals surface area contributed by atoms with Gasteiger partial charge in [-0.1, -0.05) is 36.4 Å². The number of fused-ring (bicyclic) bond motifs is 2. The summed E-state index contributed by atoms with van der Waals surface area (Å²) in [6, 6.07) is 15.9. The summed E-state index contributed by atoms with van der Waals surface area (Å²) in [5, 5.41) is 14.7. The van der Waals surface area contributed by atoms with Gasteiger partial charge in [0, 0.05) is 11.8 Å². The van der Waals surface area contributed by atoms with Crippen molar-refractivity contribution in [3.8, 4) is 0 Å². The monoisotopic (exact) mass is 277 g/mol. The average molecular weight is 277 g/mol. The van der Waals surface area contributed by atoms with Crippen molar-refractivity contribution in [2.45, 2.75) is 18.6 Å². The fourth-order valence-electron chi connectivity index (χ4n) is 3.01. The van der Waals surface area contributed by atoms with Crippen LogP contribution in [0.15, 0.2) is 54.9 Å². The summed E-state index contributed by atoms with van der Waals surface area (Å²) < 4.78 is 0. The Morgan fingerprint density at radius 3 is 2.76 bits per heavy atom. The van der Waals surface area contributed by atoms with E-state index < -0.39 is 6.10 Å². The van der Waals surface area contributed by atoms with Gasteiger partial charge in [0.2, 0.25) is 0 Å². The molecular formula is C17H15N3O. The van der Waals surface area contributed by atoms with Crippen molar-refractivity contribution in [3.63, 3.8) is 0 Å². The number of nitrogens with zero attached hydrogens (tertiary/aromatic N) is 2. The van der Waals surface area contributed by atoms with Gasteiger partial charge in [-0.25, -0.2) is 9.97 Å². The molecule has 0 saturated heterocycles. The Bertz CT molecular complexity index is 797. The van der Waals surface area contributed by atoms with E-state index in [4.69, 9.17) is 0 Å². The Morgan fingerprint density at radius 1 is 1.00 bits per heavy atom. The third-order valence-electron chi connectivity index (χ3n) is 4.04. The van der Waals surface area contributed by atoms with Gasteiger partial charge in [0.1, 0.15) is 12.1 Å². The number of aliphatic hydroxyl groups is 1. The number of benzene rings is 2. The largest absolute Gasteiger partial charge is 0.390 e. The molecule has 0 fully saturated rings. The lowest BCUT2D eigenvalue weighted by Gasteiger charge is -2.19. The number of nitrogens with one attached hydrogen (secondary N) is 1. The van der Waals surface area contributed by atoms with Crippen LogP contribution in [0.2, 0.25) is 0 Å². The highest BCUT2D eigenvalue weighted by Crippen LogP contribution is 2.34. The highest BCUT2D eigenvalue weighted by Gasteiger charge is 2.31. The Morgan fingerprint density at radius 2 is 1.81 bits per heavy atom. The predicted octanol–water partition coefficient (Wildman–Crippen LogP) is 2.70. The van der Waals surface area contributed by atoms with Crippen LogP contribution in [-0.4, -0.2) is 21.2 Å². The molecule has 4 nitrogen and oxygen atoms in total. The first kappa shape index (κ1) is 12.3. The molecule has 0 unspecified atom stereocenters. The first-order valence-electron chi connectivity index (χ1n) is 7.05. The second-order valence-corrected chi connectivity index (χ2v) is 5.33. The van der Waals surface area contributed by atoms with Crippen molar-refractivity contribution in [2.24, 2.45) is 0 Å². The summed E-state index contributed by atoms with van der Waals surface area (Å²) in [6.07, 6.45) is 1.80. The second kappa shape index (κ2) is 4.82. The van der Waals surface area contributed by atoms with Crippen LogP contribution in [0.1, 0.15) is 17.2 Å². The Labute approximate surface area is 122 Å². The van der Waals surface area contributed by atoms with Gasteiger partial charge in [0.15, 0.2) is 0 Å². The standard InChI is InChI=1S/C17H15N3O/c21-15-9-11-5-1-2-6-12(11)16(15)20-17-13-7-3-4-8-14(13)18-10-19-17/h1-8,10,15-16,21H,9H2,(H,18,19,20)/t15-,16+/m0/s1. The molecule has 0 spiro atoms. The van der Waals surface area contributed by atoms with E-state index in [1.54, 1.807) is 6.33 Å². The molecule has 0 amide bonds. The second-order valence-electron chi connectivity index (χ2n) is 5.33. The van der Waals surface area contributed by atoms with Crippen molar-refractivity contribution in [1.29, 1.82) is 0 Å². The minimum Gasteiger partial charge on any atom is -0.390 e. The van der Waals surface area contributed by atoms with Crippen LogP contribution in [-0.2, 0) is 6.42 Å². The maximum Gasteiger partial charge on any atom is 0.137 e. The molecule has 0 radical (unpaired) electrons. The summed E-state index contributed by atoms with van der Waals surface area (Å²) in [7, 11) is 0. The van der Waals surface area contributed by atoms with E-state index in [9.17, 15) is 5.11 Å². The molecule has 0 bridgehead atoms. The van der Waals surface area contributed by atoms with E-state index in [-0.39, 0.29) is 6.04 Å². The summed E-state index contributed by atoms with van der Waals surface area (Å²) >= 11 is 0. The molecule has 2 N–H and O–H groups in total. The molecule has 2 atom stereocenters. The van der Waals surface area contributed by atoms with Crippen molar-refractivity contribution in [1.82, 2.24) is 9.97 Å². The van der Waals surface area contributed by atoms with E-state index in [0.29, 0.717) is 6.42 Å². The van der Waals surface area contributed by atoms with Gasteiger partial charge in [-0.3, -0.25) is 0 Å². The lowest BCUT2D eigenvalue weighted by Crippen LogP contribution is -2.21. The zero-order valence-corrected chi connectivity index (χ0v) is 11.4. The lowest BCUT2D eigenvalue weighted by atomic mass is 10.1. The third kappa shape index (κ3) is 2.04. The molecule has 3 aromatic rings. The minimum atomic E-state index is -0.434. The average Bonchev–Trinajstić information content (AvgIpc) is 2.84. The smallest absolute Gasteiger partial charge is 0.137 e. The minimum absolute atomic E-state index is 0.125. The van der Waals surface area contributed by atoms with Crippen LogP contribution < -0.4 is 5.32 Å². The fraction of sp³-hybridized carbons (Fsp3) is 0.176. The van der Waals surface area contributed by atoms with Gasteiger partial charge >= 0.3 is 0 Å². The van der Waals surface area contributed by atoms with E-state index in [1.165, 1.54) is 5.56 Å². The lowest BCUT2D eigenvalue weighted by molar-refractivity contribution is 0.165. The van der Waals surface area contributed by atoms with Crippen molar-refractivity contribution >= 4 is 16.7 Å². The summed E-state index contributed by atoms with van der Waals surface area (Å²) in [4.78, 5) is 8.61. The van der Waals surface area contributed by atoms with E-state index in [1.807, 2.05) is 36.4 Å². The summed E-state index contributed by atoms with van der Waals surface area (Å²) in [5.74, 6) is 0.765. The van der Waals surface area contributed by atoms with Crippen LogP contribution in [0.4, 0.5) is 5.82 Å². The van der Waals surface area contributed by atoms with Crippen LogP contribution >= 0.6 is 0 Å². The van der Waals surface area contributed by atoms with Crippen LogP contribution in [0.5, 0.6) is 0 Å². The third-order valence-corrected chi connectivity index (χ3v) is 4.04. The number of aromatic nitrogens is 2. The van der Waals surface area contributed by atoms with E-state index in [0.717, 1.165) is 22.3 Å². The number of rotatable bonds is 2. The molecule has 1 heterocycles. The normalized spacial score (nSPS) is 20.4. The highest BCUT2D eigenvalue weighted by atomic mass is 16.3. The quantitative estimate of drug-likeness (QED) is 0.756. The maximum atomic E-state index is 10.3. The van der Waals surface area contributed by atoms with Crippen LogP contribution in [0, 0.1) is 0 Å². The topological polar surface area (TPSA) is 58.0 Å². The van der Waals surface area contributed by atoms with Gasteiger partial charge in [-0.05, 0) is 23.3 Å². The zero-order chi connectivity index (χ0) is 14.2.